The first kappa shape index (κ1) is 16.5. The summed E-state index contributed by atoms with van der Waals surface area (Å²) in [6.07, 6.45) is 3.04. The Labute approximate surface area is 144 Å². The summed E-state index contributed by atoms with van der Waals surface area (Å²) in [5.74, 6) is 0.558. The monoisotopic (exact) mass is 350 g/mol. The molecule has 3 rings (SSSR count). The molecule has 0 atom stereocenters. The quantitative estimate of drug-likeness (QED) is 0.870. The Balaban J connectivity index is 1.41. The molecule has 0 spiro atoms. The van der Waals surface area contributed by atoms with E-state index in [0.717, 1.165) is 51.1 Å². The molecular weight excluding hydrogens is 328 g/mol. The molecule has 1 fully saturated rings. The van der Waals surface area contributed by atoms with Gasteiger partial charge < -0.3 is 5.32 Å². The van der Waals surface area contributed by atoms with Crippen LogP contribution in [-0.4, -0.2) is 40.0 Å². The highest BCUT2D eigenvalue weighted by atomic mass is 32.1. The van der Waals surface area contributed by atoms with Crippen molar-refractivity contribution in [3.05, 3.63) is 33.0 Å². The van der Waals surface area contributed by atoms with Crippen LogP contribution in [0.15, 0.2) is 17.5 Å². The van der Waals surface area contributed by atoms with Gasteiger partial charge in [0, 0.05) is 18.0 Å². The van der Waals surface area contributed by atoms with Crippen molar-refractivity contribution < 1.29 is 4.79 Å². The van der Waals surface area contributed by atoms with Crippen molar-refractivity contribution >= 4 is 28.8 Å². The molecule has 0 unspecified atom stereocenters. The average molecular weight is 351 g/mol. The second-order valence-corrected chi connectivity index (χ2v) is 7.70. The lowest BCUT2D eigenvalue weighted by Crippen LogP contribution is -2.38. The van der Waals surface area contributed by atoms with Gasteiger partial charge in [0.1, 0.15) is 4.88 Å². The van der Waals surface area contributed by atoms with Crippen molar-refractivity contribution in [3.63, 3.8) is 0 Å². The van der Waals surface area contributed by atoms with E-state index in [0.29, 0.717) is 10.8 Å². The van der Waals surface area contributed by atoms with Crippen molar-refractivity contribution in [2.24, 2.45) is 5.92 Å². The van der Waals surface area contributed by atoms with Crippen molar-refractivity contribution in [2.75, 3.05) is 19.6 Å². The van der Waals surface area contributed by atoms with Crippen molar-refractivity contribution in [2.45, 2.75) is 32.7 Å². The van der Waals surface area contributed by atoms with Crippen LogP contribution in [0.4, 0.5) is 0 Å². The second-order valence-electron chi connectivity index (χ2n) is 5.91. The fourth-order valence-corrected chi connectivity index (χ4v) is 4.31. The van der Waals surface area contributed by atoms with E-state index in [-0.39, 0.29) is 5.91 Å². The number of nitrogens with zero attached hydrogens (tertiary/aromatic N) is 3. The van der Waals surface area contributed by atoms with E-state index >= 15 is 0 Å². The minimum atomic E-state index is -0.0159. The molecule has 2 aromatic rings. The number of piperidine rings is 1. The van der Waals surface area contributed by atoms with Gasteiger partial charge in [-0.15, -0.1) is 16.4 Å². The summed E-state index contributed by atoms with van der Waals surface area (Å²) >= 11 is 3.02. The van der Waals surface area contributed by atoms with E-state index < -0.39 is 0 Å². The van der Waals surface area contributed by atoms with E-state index in [9.17, 15) is 4.79 Å². The van der Waals surface area contributed by atoms with Crippen LogP contribution in [0.25, 0.3) is 0 Å². The zero-order valence-corrected chi connectivity index (χ0v) is 15.0. The molecule has 0 bridgehead atoms. The lowest BCUT2D eigenvalue weighted by molar-refractivity contribution is 0.0938. The largest absolute Gasteiger partial charge is 0.351 e. The highest BCUT2D eigenvalue weighted by Crippen LogP contribution is 2.20. The van der Waals surface area contributed by atoms with Crippen molar-refractivity contribution in [3.8, 4) is 0 Å². The third-order valence-corrected chi connectivity index (χ3v) is 5.94. The first-order chi connectivity index (χ1) is 11.3. The number of rotatable bonds is 6. The van der Waals surface area contributed by atoms with Gasteiger partial charge >= 0.3 is 0 Å². The van der Waals surface area contributed by atoms with Gasteiger partial charge in [-0.2, -0.15) is 0 Å². The van der Waals surface area contributed by atoms with Crippen LogP contribution in [0.1, 0.15) is 40.0 Å². The molecule has 1 N–H and O–H groups in total. The number of nitrogens with one attached hydrogen (secondary N) is 1. The summed E-state index contributed by atoms with van der Waals surface area (Å²) < 4.78 is 3.88. The third-order valence-electron chi connectivity index (χ3n) is 4.31. The Hall–Kier alpha value is -1.31. The standard InChI is InChI=1S/C16H22N4OS2/c1-2-14-15(23-19-18-14)16(21)17-10-12-5-7-20(8-6-12)11-13-4-3-9-22-13/h3-4,9,12H,2,5-8,10-11H2,1H3,(H,17,21). The summed E-state index contributed by atoms with van der Waals surface area (Å²) in [5, 5.41) is 9.20. The molecule has 1 aliphatic heterocycles. The Kier molecular flexibility index (Phi) is 5.75. The van der Waals surface area contributed by atoms with E-state index in [2.05, 4.69) is 37.3 Å². The van der Waals surface area contributed by atoms with E-state index in [4.69, 9.17) is 0 Å². The Morgan fingerprint density at radius 1 is 1.43 bits per heavy atom. The lowest BCUT2D eigenvalue weighted by atomic mass is 9.96. The van der Waals surface area contributed by atoms with Crippen LogP contribution in [-0.2, 0) is 13.0 Å². The number of carbonyl (C=O) groups is 1. The normalized spacial score (nSPS) is 16.6. The maximum absolute atomic E-state index is 12.2. The third kappa shape index (κ3) is 4.37. The summed E-state index contributed by atoms with van der Waals surface area (Å²) in [4.78, 5) is 16.8. The van der Waals surface area contributed by atoms with Crippen LogP contribution in [0.3, 0.4) is 0 Å². The number of hydrogen-bond acceptors (Lipinski definition) is 6. The number of carbonyl (C=O) groups excluding carboxylic acids is 1. The van der Waals surface area contributed by atoms with Crippen molar-refractivity contribution in [1.82, 2.24) is 19.8 Å². The van der Waals surface area contributed by atoms with E-state index in [1.807, 2.05) is 18.3 Å². The summed E-state index contributed by atoms with van der Waals surface area (Å²) in [6, 6.07) is 4.31. The first-order valence-electron chi connectivity index (χ1n) is 8.10. The van der Waals surface area contributed by atoms with Gasteiger partial charge in [0.2, 0.25) is 0 Å². The number of amides is 1. The predicted octanol–water partition coefficient (Wildman–Crippen LogP) is 2.80. The molecule has 2 aromatic heterocycles. The molecule has 124 valence electrons. The van der Waals surface area contributed by atoms with Crippen LogP contribution >= 0.6 is 22.9 Å². The summed E-state index contributed by atoms with van der Waals surface area (Å²) in [5.41, 5.74) is 0.804. The maximum Gasteiger partial charge on any atom is 0.264 e. The zero-order chi connectivity index (χ0) is 16.1. The van der Waals surface area contributed by atoms with Crippen LogP contribution in [0.2, 0.25) is 0 Å². The number of hydrogen-bond donors (Lipinski definition) is 1. The molecule has 1 saturated heterocycles. The zero-order valence-electron chi connectivity index (χ0n) is 13.3. The van der Waals surface area contributed by atoms with Crippen LogP contribution < -0.4 is 5.32 Å². The predicted molar refractivity (Wildman–Crippen MR) is 93.9 cm³/mol. The fourth-order valence-electron chi connectivity index (χ4n) is 2.90. The summed E-state index contributed by atoms with van der Waals surface area (Å²) in [6.45, 7) is 6.04. The smallest absolute Gasteiger partial charge is 0.264 e. The highest BCUT2D eigenvalue weighted by molar-refractivity contribution is 7.09. The average Bonchev–Trinajstić information content (AvgIpc) is 3.25. The lowest BCUT2D eigenvalue weighted by Gasteiger charge is -2.31. The molecule has 1 amide bonds. The molecule has 1 aliphatic rings. The topological polar surface area (TPSA) is 58.1 Å². The molecule has 23 heavy (non-hydrogen) atoms. The minimum Gasteiger partial charge on any atom is -0.351 e. The van der Waals surface area contributed by atoms with Gasteiger partial charge in [-0.05, 0) is 61.2 Å². The van der Waals surface area contributed by atoms with Crippen LogP contribution in [0.5, 0.6) is 0 Å². The van der Waals surface area contributed by atoms with Crippen LogP contribution in [0, 0.1) is 5.92 Å². The Morgan fingerprint density at radius 2 is 2.26 bits per heavy atom. The molecule has 0 saturated carbocycles. The van der Waals surface area contributed by atoms with Gasteiger partial charge in [-0.1, -0.05) is 17.5 Å². The van der Waals surface area contributed by atoms with E-state index in [1.165, 1.54) is 16.4 Å². The molecule has 5 nitrogen and oxygen atoms in total. The molecule has 3 heterocycles. The molecule has 0 radical (unpaired) electrons. The van der Waals surface area contributed by atoms with Gasteiger partial charge in [-0.3, -0.25) is 9.69 Å². The number of aromatic nitrogens is 2. The number of likely N-dealkylation sites (tertiary alicyclic amines) is 1. The van der Waals surface area contributed by atoms with Gasteiger partial charge in [0.05, 0.1) is 5.69 Å². The second kappa shape index (κ2) is 7.99. The Morgan fingerprint density at radius 3 is 2.96 bits per heavy atom. The maximum atomic E-state index is 12.2. The summed E-state index contributed by atoms with van der Waals surface area (Å²) in [7, 11) is 0. The van der Waals surface area contributed by atoms with Gasteiger partial charge in [0.25, 0.3) is 5.91 Å². The first-order valence-corrected chi connectivity index (χ1v) is 9.75. The minimum absolute atomic E-state index is 0.0159. The molecule has 0 aliphatic carbocycles. The number of aryl methyl sites for hydroxylation is 1. The molecule has 7 heteroatoms. The number of thiophene rings is 1. The van der Waals surface area contributed by atoms with Crippen molar-refractivity contribution in [1.29, 1.82) is 0 Å². The SMILES string of the molecule is CCc1nnsc1C(=O)NCC1CCN(Cc2cccs2)CC1. The van der Waals surface area contributed by atoms with Gasteiger partial charge in [0.15, 0.2) is 0 Å². The molecular formula is C16H22N4OS2. The fraction of sp³-hybridized carbons (Fsp3) is 0.562. The Bertz CT molecular complexity index is 618. The molecule has 0 aromatic carbocycles. The highest BCUT2D eigenvalue weighted by Gasteiger charge is 2.21. The van der Waals surface area contributed by atoms with Gasteiger partial charge in [-0.25, -0.2) is 0 Å². The van der Waals surface area contributed by atoms with E-state index in [1.54, 1.807) is 0 Å².